The van der Waals surface area contributed by atoms with E-state index < -0.39 is 18.3 Å². The molecular formula is C12H14ClN3O3. The molecule has 1 aromatic heterocycles. The number of para-hydroxylation sites is 1. The second kappa shape index (κ2) is 6.12. The number of aliphatic hydroxyl groups excluding tert-OH is 3. The number of alkyl halides is 1. The molecule has 19 heavy (non-hydrogen) atoms. The average molecular weight is 284 g/mol. The Kier molecular flexibility index (Phi) is 4.49. The Bertz CT molecular complexity index is 520. The minimum absolute atomic E-state index is 0.167. The van der Waals surface area contributed by atoms with Crippen molar-refractivity contribution in [1.29, 1.82) is 0 Å². The molecule has 0 bridgehead atoms. The molecule has 0 saturated carbocycles. The van der Waals surface area contributed by atoms with Crippen molar-refractivity contribution < 1.29 is 15.3 Å². The first-order valence-corrected chi connectivity index (χ1v) is 6.24. The van der Waals surface area contributed by atoms with Crippen LogP contribution in [0, 0.1) is 0 Å². The minimum atomic E-state index is -1.40. The van der Waals surface area contributed by atoms with Crippen molar-refractivity contribution in [3.05, 3.63) is 42.2 Å². The summed E-state index contributed by atoms with van der Waals surface area (Å²) in [5.74, 6) is -0.176. The van der Waals surface area contributed by atoms with E-state index in [1.54, 1.807) is 12.1 Å². The SMILES string of the molecule is O[C@@H]([C@H](O)CCl)[C@H](O)c1cnn(-c2ccccc2)n1. The van der Waals surface area contributed by atoms with Gasteiger partial charge in [-0.1, -0.05) is 18.2 Å². The molecule has 3 N–H and O–H groups in total. The number of nitrogens with zero attached hydrogens (tertiary/aromatic N) is 3. The standard InChI is InChI=1S/C12H14ClN3O3/c13-6-10(17)12(19)11(18)9-7-14-16(15-9)8-4-2-1-3-5-8/h1-5,7,10-12,17-19H,6H2/t10-,11-,12+/m1/s1. The van der Waals surface area contributed by atoms with Crippen molar-refractivity contribution >= 4 is 11.6 Å². The van der Waals surface area contributed by atoms with Crippen LogP contribution in [-0.2, 0) is 0 Å². The summed E-state index contributed by atoms with van der Waals surface area (Å²) in [6, 6.07) is 9.14. The maximum atomic E-state index is 9.87. The van der Waals surface area contributed by atoms with Crippen LogP contribution in [0.4, 0.5) is 0 Å². The van der Waals surface area contributed by atoms with E-state index in [2.05, 4.69) is 10.2 Å². The molecule has 0 amide bonds. The van der Waals surface area contributed by atoms with Crippen molar-refractivity contribution in [3.63, 3.8) is 0 Å². The fourth-order valence-electron chi connectivity index (χ4n) is 1.57. The summed E-state index contributed by atoms with van der Waals surface area (Å²) >= 11 is 5.42. The lowest BCUT2D eigenvalue weighted by atomic mass is 10.1. The van der Waals surface area contributed by atoms with Crippen molar-refractivity contribution in [3.8, 4) is 5.69 Å². The number of halogens is 1. The molecule has 0 aliphatic carbocycles. The van der Waals surface area contributed by atoms with Crippen molar-refractivity contribution in [2.45, 2.75) is 18.3 Å². The highest BCUT2D eigenvalue weighted by Crippen LogP contribution is 2.18. The predicted octanol–water partition coefficient (Wildman–Crippen LogP) is 0.261. The zero-order valence-corrected chi connectivity index (χ0v) is 10.7. The van der Waals surface area contributed by atoms with E-state index in [4.69, 9.17) is 11.6 Å². The number of hydrogen-bond acceptors (Lipinski definition) is 5. The van der Waals surface area contributed by atoms with Crippen molar-refractivity contribution in [2.24, 2.45) is 0 Å². The van der Waals surface area contributed by atoms with Gasteiger partial charge in [-0.05, 0) is 12.1 Å². The van der Waals surface area contributed by atoms with E-state index in [0.717, 1.165) is 5.69 Å². The summed E-state index contributed by atoms with van der Waals surface area (Å²) in [5.41, 5.74) is 0.897. The van der Waals surface area contributed by atoms with Gasteiger partial charge in [0, 0.05) is 0 Å². The molecule has 0 fully saturated rings. The fraction of sp³-hybridized carbons (Fsp3) is 0.333. The van der Waals surface area contributed by atoms with Crippen LogP contribution in [0.2, 0.25) is 0 Å². The second-order valence-corrected chi connectivity index (χ2v) is 4.36. The molecule has 0 unspecified atom stereocenters. The summed E-state index contributed by atoms with van der Waals surface area (Å²) in [7, 11) is 0. The lowest BCUT2D eigenvalue weighted by molar-refractivity contribution is -0.0535. The third-order valence-corrected chi connectivity index (χ3v) is 2.99. The van der Waals surface area contributed by atoms with Gasteiger partial charge >= 0.3 is 0 Å². The van der Waals surface area contributed by atoms with Crippen LogP contribution in [-0.4, -0.2) is 48.4 Å². The lowest BCUT2D eigenvalue weighted by Gasteiger charge is -2.19. The smallest absolute Gasteiger partial charge is 0.128 e. The van der Waals surface area contributed by atoms with E-state index in [1.165, 1.54) is 11.0 Å². The number of benzene rings is 1. The number of rotatable bonds is 5. The predicted molar refractivity (Wildman–Crippen MR) is 69.1 cm³/mol. The van der Waals surface area contributed by atoms with Crippen LogP contribution in [0.5, 0.6) is 0 Å². The molecule has 1 aromatic carbocycles. The fourth-order valence-corrected chi connectivity index (χ4v) is 1.76. The quantitative estimate of drug-likeness (QED) is 0.685. The van der Waals surface area contributed by atoms with Gasteiger partial charge in [0.2, 0.25) is 0 Å². The van der Waals surface area contributed by atoms with Gasteiger partial charge in [-0.3, -0.25) is 0 Å². The van der Waals surface area contributed by atoms with Gasteiger partial charge in [0.1, 0.15) is 17.9 Å². The van der Waals surface area contributed by atoms with E-state index in [-0.39, 0.29) is 11.6 Å². The molecule has 2 rings (SSSR count). The Hall–Kier alpha value is -1.47. The number of aromatic nitrogens is 3. The van der Waals surface area contributed by atoms with E-state index in [1.807, 2.05) is 18.2 Å². The maximum absolute atomic E-state index is 9.87. The number of aliphatic hydroxyl groups is 3. The van der Waals surface area contributed by atoms with Crippen LogP contribution in [0.3, 0.4) is 0 Å². The van der Waals surface area contributed by atoms with E-state index in [9.17, 15) is 15.3 Å². The summed E-state index contributed by atoms with van der Waals surface area (Å²) in [5, 5.41) is 37.0. The molecule has 0 spiro atoms. The molecule has 3 atom stereocenters. The van der Waals surface area contributed by atoms with Gasteiger partial charge in [0.25, 0.3) is 0 Å². The molecular weight excluding hydrogens is 270 g/mol. The largest absolute Gasteiger partial charge is 0.389 e. The maximum Gasteiger partial charge on any atom is 0.128 e. The zero-order valence-electron chi connectivity index (χ0n) is 9.96. The van der Waals surface area contributed by atoms with Gasteiger partial charge in [0.05, 0.1) is 23.9 Å². The van der Waals surface area contributed by atoms with Gasteiger partial charge in [0.15, 0.2) is 0 Å². The lowest BCUT2D eigenvalue weighted by Crippen LogP contribution is -2.33. The van der Waals surface area contributed by atoms with Gasteiger partial charge in [-0.15, -0.1) is 11.6 Å². The highest BCUT2D eigenvalue weighted by atomic mass is 35.5. The Morgan fingerprint density at radius 2 is 1.84 bits per heavy atom. The first-order valence-electron chi connectivity index (χ1n) is 5.71. The molecule has 7 heteroatoms. The molecule has 0 saturated heterocycles. The molecule has 1 heterocycles. The average Bonchev–Trinajstić information content (AvgIpc) is 2.95. The molecule has 0 radical (unpaired) electrons. The normalized spacial score (nSPS) is 16.0. The van der Waals surface area contributed by atoms with Gasteiger partial charge < -0.3 is 15.3 Å². The second-order valence-electron chi connectivity index (χ2n) is 4.05. The monoisotopic (exact) mass is 283 g/mol. The Morgan fingerprint density at radius 3 is 2.47 bits per heavy atom. The zero-order chi connectivity index (χ0) is 13.8. The van der Waals surface area contributed by atoms with Crippen LogP contribution in [0.15, 0.2) is 36.5 Å². The van der Waals surface area contributed by atoms with Crippen molar-refractivity contribution in [1.82, 2.24) is 15.0 Å². The van der Waals surface area contributed by atoms with E-state index >= 15 is 0 Å². The highest BCUT2D eigenvalue weighted by Gasteiger charge is 2.27. The van der Waals surface area contributed by atoms with Crippen LogP contribution >= 0.6 is 11.6 Å². The summed E-state index contributed by atoms with van der Waals surface area (Å²) in [6.45, 7) is 0. The van der Waals surface area contributed by atoms with Gasteiger partial charge in [-0.2, -0.15) is 15.0 Å². The third kappa shape index (κ3) is 3.10. The summed E-state index contributed by atoms with van der Waals surface area (Å²) < 4.78 is 0. The minimum Gasteiger partial charge on any atom is -0.389 e. The summed E-state index contributed by atoms with van der Waals surface area (Å²) in [6.07, 6.45) is -2.63. The van der Waals surface area contributed by atoms with E-state index in [0.29, 0.717) is 0 Å². The van der Waals surface area contributed by atoms with Crippen LogP contribution < -0.4 is 0 Å². The third-order valence-electron chi connectivity index (χ3n) is 2.68. The van der Waals surface area contributed by atoms with Crippen LogP contribution in [0.25, 0.3) is 5.69 Å². The molecule has 0 aliphatic rings. The Balaban J connectivity index is 2.17. The first-order chi connectivity index (χ1) is 9.13. The molecule has 0 aliphatic heterocycles. The Morgan fingerprint density at radius 1 is 1.16 bits per heavy atom. The summed E-state index contributed by atoms with van der Waals surface area (Å²) in [4.78, 5) is 1.33. The Labute approximate surface area is 114 Å². The highest BCUT2D eigenvalue weighted by molar-refractivity contribution is 6.18. The van der Waals surface area contributed by atoms with Crippen LogP contribution in [0.1, 0.15) is 11.8 Å². The van der Waals surface area contributed by atoms with Gasteiger partial charge in [-0.25, -0.2) is 0 Å². The topological polar surface area (TPSA) is 91.4 Å². The first kappa shape index (κ1) is 14.0. The molecule has 102 valence electrons. The number of hydrogen-bond donors (Lipinski definition) is 3. The molecule has 6 nitrogen and oxygen atoms in total. The molecule has 2 aromatic rings. The van der Waals surface area contributed by atoms with Crippen molar-refractivity contribution in [2.75, 3.05) is 5.88 Å².